The molecule has 0 saturated carbocycles. The molecule has 3 nitrogen and oxygen atoms in total. The minimum Gasteiger partial charge on any atom is -0.304 e. The lowest BCUT2D eigenvalue weighted by molar-refractivity contribution is 0.575. The third-order valence-electron chi connectivity index (χ3n) is 1.51. The van der Waals surface area contributed by atoms with Crippen LogP contribution in [0.5, 0.6) is 0 Å². The van der Waals surface area contributed by atoms with Gasteiger partial charge in [-0.3, -0.25) is 4.68 Å². The largest absolute Gasteiger partial charge is 0.304 e. The lowest BCUT2D eigenvalue weighted by Crippen LogP contribution is -2.20. The van der Waals surface area contributed by atoms with E-state index in [-0.39, 0.29) is 0 Å². The van der Waals surface area contributed by atoms with E-state index < -0.39 is 0 Å². The van der Waals surface area contributed by atoms with Gasteiger partial charge in [-0.25, -0.2) is 0 Å². The lowest BCUT2D eigenvalue weighted by atomic mass is 10.4. The van der Waals surface area contributed by atoms with Crippen LogP contribution >= 0.6 is 0 Å². The summed E-state index contributed by atoms with van der Waals surface area (Å²) in [5.41, 5.74) is 1.19. The summed E-state index contributed by atoms with van der Waals surface area (Å²) in [7, 11) is 0. The highest BCUT2D eigenvalue weighted by Gasteiger charge is 1.91. The maximum atomic E-state index is 5.08. The first-order valence-electron chi connectivity index (χ1n) is 3.96. The molecule has 1 rings (SSSR count). The first-order chi connectivity index (χ1) is 5.83. The highest BCUT2D eigenvalue weighted by molar-refractivity contribution is 4.99. The zero-order chi connectivity index (χ0) is 8.81. The number of hydrogen-bond donors (Lipinski definition) is 1. The summed E-state index contributed by atoms with van der Waals surface area (Å²) in [5.74, 6) is 2.52. The van der Waals surface area contributed by atoms with Gasteiger partial charge in [0.2, 0.25) is 0 Å². The van der Waals surface area contributed by atoms with Crippen LogP contribution in [0.3, 0.4) is 0 Å². The Morgan fingerprint density at radius 3 is 3.17 bits per heavy atom. The monoisotopic (exact) mass is 163 g/mol. The molecule has 0 bridgehead atoms. The highest BCUT2D eigenvalue weighted by Crippen LogP contribution is 1.92. The Balaban J connectivity index is 2.21. The van der Waals surface area contributed by atoms with Crippen LogP contribution < -0.4 is 5.32 Å². The molecule has 1 aromatic rings. The molecular weight excluding hydrogens is 150 g/mol. The second-order valence-electron chi connectivity index (χ2n) is 2.66. The van der Waals surface area contributed by atoms with Crippen LogP contribution in [0.25, 0.3) is 0 Å². The Hall–Kier alpha value is -1.27. The van der Waals surface area contributed by atoms with E-state index in [1.54, 1.807) is 0 Å². The quantitative estimate of drug-likeness (QED) is 0.515. The molecule has 1 heterocycles. The number of rotatable bonds is 4. The van der Waals surface area contributed by atoms with Crippen molar-refractivity contribution in [3.63, 3.8) is 0 Å². The summed E-state index contributed by atoms with van der Waals surface area (Å²) < 4.78 is 1.90. The van der Waals surface area contributed by atoms with Gasteiger partial charge in [0, 0.05) is 12.7 Å². The Morgan fingerprint density at radius 2 is 2.58 bits per heavy atom. The van der Waals surface area contributed by atoms with Crippen molar-refractivity contribution < 1.29 is 0 Å². The van der Waals surface area contributed by atoms with Crippen molar-refractivity contribution in [1.29, 1.82) is 0 Å². The summed E-state index contributed by atoms with van der Waals surface area (Å²) in [6.45, 7) is 4.39. The number of terminal acetylenes is 1. The van der Waals surface area contributed by atoms with E-state index in [2.05, 4.69) is 16.3 Å². The highest BCUT2D eigenvalue weighted by atomic mass is 15.3. The van der Waals surface area contributed by atoms with Gasteiger partial charge in [0.15, 0.2) is 0 Å². The molecule has 12 heavy (non-hydrogen) atoms. The third-order valence-corrected chi connectivity index (χ3v) is 1.51. The third kappa shape index (κ3) is 2.77. The summed E-state index contributed by atoms with van der Waals surface area (Å²) in [6.07, 6.45) is 8.94. The molecule has 0 aliphatic carbocycles. The number of aryl methyl sites for hydroxylation is 1. The summed E-state index contributed by atoms with van der Waals surface area (Å²) >= 11 is 0. The molecule has 0 atom stereocenters. The minimum atomic E-state index is 0.625. The van der Waals surface area contributed by atoms with Gasteiger partial charge in [0.1, 0.15) is 0 Å². The van der Waals surface area contributed by atoms with Crippen LogP contribution in [0.15, 0.2) is 12.4 Å². The van der Waals surface area contributed by atoms with Gasteiger partial charge in [-0.05, 0) is 12.5 Å². The van der Waals surface area contributed by atoms with Crippen molar-refractivity contribution in [1.82, 2.24) is 15.1 Å². The second-order valence-corrected chi connectivity index (χ2v) is 2.66. The average Bonchev–Trinajstić information content (AvgIpc) is 2.45. The SMILES string of the molecule is C#CCNCCn1cc(C)cn1. The van der Waals surface area contributed by atoms with Gasteiger partial charge < -0.3 is 5.32 Å². The number of nitrogens with one attached hydrogen (secondary N) is 1. The van der Waals surface area contributed by atoms with Gasteiger partial charge >= 0.3 is 0 Å². The van der Waals surface area contributed by atoms with Crippen molar-refractivity contribution >= 4 is 0 Å². The molecule has 0 radical (unpaired) electrons. The van der Waals surface area contributed by atoms with Crippen LogP contribution in [0.1, 0.15) is 5.56 Å². The van der Waals surface area contributed by atoms with E-state index in [1.165, 1.54) is 5.56 Å². The molecule has 1 aromatic heterocycles. The molecular formula is C9H13N3. The predicted molar refractivity (Wildman–Crippen MR) is 48.7 cm³/mol. The maximum absolute atomic E-state index is 5.08. The standard InChI is InChI=1S/C9H13N3/c1-3-4-10-5-6-12-8-9(2)7-11-12/h1,7-8,10H,4-6H2,2H3. The van der Waals surface area contributed by atoms with Gasteiger partial charge in [-0.1, -0.05) is 5.92 Å². The first kappa shape index (κ1) is 8.82. The second kappa shape index (κ2) is 4.58. The van der Waals surface area contributed by atoms with Crippen molar-refractivity contribution in [2.45, 2.75) is 13.5 Å². The van der Waals surface area contributed by atoms with Crippen LogP contribution in [-0.2, 0) is 6.54 Å². The first-order valence-corrected chi connectivity index (χ1v) is 3.96. The average molecular weight is 163 g/mol. The fraction of sp³-hybridized carbons (Fsp3) is 0.444. The zero-order valence-electron chi connectivity index (χ0n) is 7.25. The molecule has 0 spiro atoms. The molecule has 0 aromatic carbocycles. The number of nitrogens with zero attached hydrogens (tertiary/aromatic N) is 2. The molecule has 0 amide bonds. The van der Waals surface area contributed by atoms with E-state index in [0.29, 0.717) is 6.54 Å². The minimum absolute atomic E-state index is 0.625. The topological polar surface area (TPSA) is 29.9 Å². The Bertz CT molecular complexity index is 270. The Morgan fingerprint density at radius 1 is 1.75 bits per heavy atom. The van der Waals surface area contributed by atoms with Gasteiger partial charge in [0.25, 0.3) is 0 Å². The molecule has 0 saturated heterocycles. The van der Waals surface area contributed by atoms with E-state index in [0.717, 1.165) is 13.1 Å². The fourth-order valence-corrected chi connectivity index (χ4v) is 0.943. The Labute approximate surface area is 72.8 Å². The van der Waals surface area contributed by atoms with Crippen molar-refractivity contribution in [2.75, 3.05) is 13.1 Å². The molecule has 0 aliphatic rings. The lowest BCUT2D eigenvalue weighted by Gasteiger charge is -2.00. The van der Waals surface area contributed by atoms with Crippen LogP contribution in [-0.4, -0.2) is 22.9 Å². The fourth-order valence-electron chi connectivity index (χ4n) is 0.943. The summed E-state index contributed by atoms with van der Waals surface area (Å²) in [4.78, 5) is 0. The van der Waals surface area contributed by atoms with Crippen LogP contribution in [0.4, 0.5) is 0 Å². The number of hydrogen-bond acceptors (Lipinski definition) is 2. The molecule has 1 N–H and O–H groups in total. The smallest absolute Gasteiger partial charge is 0.0574 e. The normalized spacial score (nSPS) is 9.67. The molecule has 64 valence electrons. The van der Waals surface area contributed by atoms with E-state index >= 15 is 0 Å². The van der Waals surface area contributed by atoms with Crippen LogP contribution in [0.2, 0.25) is 0 Å². The van der Waals surface area contributed by atoms with Crippen LogP contribution in [0, 0.1) is 19.3 Å². The number of aromatic nitrogens is 2. The van der Waals surface area contributed by atoms with Crippen molar-refractivity contribution in [3.8, 4) is 12.3 Å². The van der Waals surface area contributed by atoms with Crippen molar-refractivity contribution in [3.05, 3.63) is 18.0 Å². The molecule has 0 aliphatic heterocycles. The molecule has 0 unspecified atom stereocenters. The predicted octanol–water partition coefficient (Wildman–Crippen LogP) is 0.414. The summed E-state index contributed by atoms with van der Waals surface area (Å²) in [6, 6.07) is 0. The maximum Gasteiger partial charge on any atom is 0.0574 e. The molecule has 0 fully saturated rings. The van der Waals surface area contributed by atoms with Gasteiger partial charge in [-0.15, -0.1) is 6.42 Å². The van der Waals surface area contributed by atoms with Gasteiger partial charge in [-0.2, -0.15) is 5.10 Å². The zero-order valence-corrected chi connectivity index (χ0v) is 7.25. The molecule has 3 heteroatoms. The van der Waals surface area contributed by atoms with E-state index in [4.69, 9.17) is 6.42 Å². The Kier molecular flexibility index (Phi) is 3.36. The van der Waals surface area contributed by atoms with E-state index in [1.807, 2.05) is 24.0 Å². The van der Waals surface area contributed by atoms with Crippen molar-refractivity contribution in [2.24, 2.45) is 0 Å². The van der Waals surface area contributed by atoms with Gasteiger partial charge in [0.05, 0.1) is 19.3 Å². The van der Waals surface area contributed by atoms with E-state index in [9.17, 15) is 0 Å². The summed E-state index contributed by atoms with van der Waals surface area (Å²) in [5, 5.41) is 7.23.